The first-order valence-corrected chi connectivity index (χ1v) is 10.7. The van der Waals surface area contributed by atoms with Gasteiger partial charge in [-0.25, -0.2) is 4.68 Å². The summed E-state index contributed by atoms with van der Waals surface area (Å²) >= 11 is 0. The van der Waals surface area contributed by atoms with Gasteiger partial charge in [-0.2, -0.15) is 0 Å². The number of fused-ring (bicyclic) bond motifs is 1. The average Bonchev–Trinajstić information content (AvgIpc) is 3.09. The fourth-order valence-corrected chi connectivity index (χ4v) is 5.09. The summed E-state index contributed by atoms with van der Waals surface area (Å²) in [5, 5.41) is 11.9. The minimum absolute atomic E-state index is 0.159. The predicted molar refractivity (Wildman–Crippen MR) is 108 cm³/mol. The van der Waals surface area contributed by atoms with Crippen LogP contribution in [0.4, 0.5) is 0 Å². The maximum Gasteiger partial charge on any atom is 0.226 e. The zero-order valence-electron chi connectivity index (χ0n) is 17.0. The Morgan fingerprint density at radius 3 is 2.76 bits per heavy atom. The second-order valence-corrected chi connectivity index (χ2v) is 8.81. The van der Waals surface area contributed by atoms with Gasteiger partial charge >= 0.3 is 0 Å². The number of hydrogen-bond acceptors (Lipinski definition) is 5. The van der Waals surface area contributed by atoms with Gasteiger partial charge in [0.15, 0.2) is 0 Å². The van der Waals surface area contributed by atoms with Crippen LogP contribution in [0.3, 0.4) is 0 Å². The van der Waals surface area contributed by atoms with Crippen molar-refractivity contribution in [2.75, 3.05) is 20.2 Å². The van der Waals surface area contributed by atoms with Crippen LogP contribution in [-0.4, -0.2) is 52.1 Å². The molecule has 2 heterocycles. The molecular weight excluding hydrogens is 366 g/mol. The van der Waals surface area contributed by atoms with Gasteiger partial charge in [0.05, 0.1) is 29.5 Å². The van der Waals surface area contributed by atoms with Crippen LogP contribution >= 0.6 is 0 Å². The van der Waals surface area contributed by atoms with Crippen molar-refractivity contribution in [1.82, 2.24) is 25.2 Å². The summed E-state index contributed by atoms with van der Waals surface area (Å²) < 4.78 is 7.44. The molecule has 1 aromatic carbocycles. The normalized spacial score (nSPS) is 29.1. The van der Waals surface area contributed by atoms with Gasteiger partial charge in [0.2, 0.25) is 5.91 Å². The third kappa shape index (κ3) is 3.57. The number of carbonyl (C=O) groups excluding carboxylic acids is 1. The highest BCUT2D eigenvalue weighted by Gasteiger charge is 2.72. The number of nitrogens with zero attached hydrogens (tertiary/aromatic N) is 4. The highest BCUT2D eigenvalue weighted by molar-refractivity contribution is 5.87. The first kappa shape index (κ1) is 18.8. The zero-order chi connectivity index (χ0) is 19.8. The van der Waals surface area contributed by atoms with E-state index >= 15 is 0 Å². The second-order valence-electron chi connectivity index (χ2n) is 8.81. The molecule has 1 amide bonds. The van der Waals surface area contributed by atoms with Crippen LogP contribution in [0.1, 0.15) is 43.0 Å². The van der Waals surface area contributed by atoms with E-state index in [0.717, 1.165) is 56.6 Å². The van der Waals surface area contributed by atoms with Gasteiger partial charge in [-0.15, -0.1) is 5.10 Å². The quantitative estimate of drug-likeness (QED) is 0.778. The van der Waals surface area contributed by atoms with Gasteiger partial charge in [-0.1, -0.05) is 35.5 Å². The Balaban J connectivity index is 1.12. The summed E-state index contributed by atoms with van der Waals surface area (Å²) in [4.78, 5) is 15.1. The molecule has 1 N–H and O–H groups in total. The third-order valence-corrected chi connectivity index (χ3v) is 7.07. The smallest absolute Gasteiger partial charge is 0.226 e. The van der Waals surface area contributed by atoms with Crippen molar-refractivity contribution in [3.8, 4) is 0 Å². The number of nitrogens with one attached hydrogen (secondary N) is 1. The zero-order valence-corrected chi connectivity index (χ0v) is 17.0. The molecule has 29 heavy (non-hydrogen) atoms. The summed E-state index contributed by atoms with van der Waals surface area (Å²) in [6, 6.07) is 10.4. The lowest BCUT2D eigenvalue weighted by molar-refractivity contribution is -0.130. The van der Waals surface area contributed by atoms with Gasteiger partial charge in [0.1, 0.15) is 0 Å². The van der Waals surface area contributed by atoms with Crippen molar-refractivity contribution >= 4 is 5.91 Å². The Kier molecular flexibility index (Phi) is 4.87. The molecule has 154 valence electrons. The molecule has 3 atom stereocenters. The highest BCUT2D eigenvalue weighted by Crippen LogP contribution is 2.72. The van der Waals surface area contributed by atoms with Crippen molar-refractivity contribution in [2.45, 2.75) is 50.9 Å². The van der Waals surface area contributed by atoms with Crippen molar-refractivity contribution in [3.05, 3.63) is 47.8 Å². The Morgan fingerprint density at radius 1 is 1.24 bits per heavy atom. The maximum atomic E-state index is 12.7. The molecule has 0 unspecified atom stereocenters. The van der Waals surface area contributed by atoms with Crippen molar-refractivity contribution < 1.29 is 9.53 Å². The van der Waals surface area contributed by atoms with E-state index in [0.29, 0.717) is 24.6 Å². The van der Waals surface area contributed by atoms with Crippen LogP contribution in [0, 0.1) is 11.3 Å². The molecule has 2 aromatic rings. The van der Waals surface area contributed by atoms with Crippen LogP contribution in [0.15, 0.2) is 36.5 Å². The molecule has 7 heteroatoms. The molecule has 3 aliphatic rings. The van der Waals surface area contributed by atoms with Crippen LogP contribution in [0.5, 0.6) is 0 Å². The lowest BCUT2D eigenvalue weighted by Gasteiger charge is -2.33. The van der Waals surface area contributed by atoms with E-state index in [4.69, 9.17) is 4.74 Å². The molecule has 2 saturated carbocycles. The number of benzene rings is 1. The summed E-state index contributed by atoms with van der Waals surface area (Å²) in [7, 11) is 1.80. The van der Waals surface area contributed by atoms with E-state index in [1.165, 1.54) is 0 Å². The molecular formula is C22H29N5O2. The van der Waals surface area contributed by atoms with Gasteiger partial charge < -0.3 is 10.1 Å². The van der Waals surface area contributed by atoms with Crippen LogP contribution in [0.25, 0.3) is 0 Å². The van der Waals surface area contributed by atoms with Crippen LogP contribution in [-0.2, 0) is 22.6 Å². The first-order chi connectivity index (χ1) is 14.2. The fraction of sp³-hybridized carbons (Fsp3) is 0.591. The predicted octanol–water partition coefficient (Wildman–Crippen LogP) is 2.16. The number of ether oxygens (including phenoxy) is 1. The molecule has 0 radical (unpaired) electrons. The molecule has 7 nitrogen and oxygen atoms in total. The summed E-state index contributed by atoms with van der Waals surface area (Å²) in [5.74, 6) is 0.606. The van der Waals surface area contributed by atoms with Crippen LogP contribution in [0.2, 0.25) is 0 Å². The second kappa shape index (κ2) is 7.54. The number of methoxy groups -OCH3 is 1. The minimum atomic E-state index is -0.159. The van der Waals surface area contributed by atoms with E-state index in [9.17, 15) is 4.79 Å². The highest BCUT2D eigenvalue weighted by atomic mass is 16.5. The lowest BCUT2D eigenvalue weighted by atomic mass is 9.79. The fourth-order valence-electron chi connectivity index (χ4n) is 5.09. The standard InChI is InChI=1S/C22H29N5O2/c1-29-18-7-9-26(10-8-18)14-17-15-27(25-24-17)20-12-22(11-19(20)22)21(28)23-13-16-5-3-2-4-6-16/h2-6,15,18-20H,7-14H2,1H3,(H,23,28)/t19-,20+,22-/m0/s1. The molecule has 0 spiro atoms. The van der Waals surface area contributed by atoms with E-state index < -0.39 is 0 Å². The van der Waals surface area contributed by atoms with E-state index in [-0.39, 0.29) is 11.3 Å². The minimum Gasteiger partial charge on any atom is -0.381 e. The number of rotatable bonds is 7. The molecule has 1 saturated heterocycles. The first-order valence-electron chi connectivity index (χ1n) is 10.7. The molecule has 5 rings (SSSR count). The molecule has 2 aliphatic carbocycles. The van der Waals surface area contributed by atoms with E-state index in [2.05, 4.69) is 26.7 Å². The van der Waals surface area contributed by atoms with E-state index in [1.54, 1.807) is 7.11 Å². The van der Waals surface area contributed by atoms with Crippen molar-refractivity contribution in [3.63, 3.8) is 0 Å². The lowest BCUT2D eigenvalue weighted by Crippen LogP contribution is -2.41. The van der Waals surface area contributed by atoms with Gasteiger partial charge in [-0.05, 0) is 37.2 Å². The largest absolute Gasteiger partial charge is 0.381 e. The monoisotopic (exact) mass is 395 g/mol. The third-order valence-electron chi connectivity index (χ3n) is 7.07. The summed E-state index contributed by atoms with van der Waals surface area (Å²) in [6.07, 6.45) is 6.48. The number of aromatic nitrogens is 3. The van der Waals surface area contributed by atoms with Crippen LogP contribution < -0.4 is 5.32 Å². The molecule has 1 aromatic heterocycles. The number of piperidine rings is 1. The SMILES string of the molecule is COC1CCN(Cc2cn([C@@H]3C[C@@]4(C(=O)NCc5ccccc5)C[C@@H]34)nn2)CC1. The topological polar surface area (TPSA) is 72.3 Å². The molecule has 3 fully saturated rings. The number of carbonyl (C=O) groups is 1. The van der Waals surface area contributed by atoms with Crippen molar-refractivity contribution in [2.24, 2.45) is 11.3 Å². The average molecular weight is 396 g/mol. The maximum absolute atomic E-state index is 12.7. The number of amides is 1. The molecule has 1 aliphatic heterocycles. The number of hydrogen-bond donors (Lipinski definition) is 1. The Morgan fingerprint density at radius 2 is 2.03 bits per heavy atom. The Hall–Kier alpha value is -2.25. The summed E-state index contributed by atoms with van der Waals surface area (Å²) in [6.45, 7) is 3.53. The molecule has 0 bridgehead atoms. The van der Waals surface area contributed by atoms with Gasteiger partial charge in [-0.3, -0.25) is 9.69 Å². The van der Waals surface area contributed by atoms with Crippen molar-refractivity contribution in [1.29, 1.82) is 0 Å². The summed E-state index contributed by atoms with van der Waals surface area (Å²) in [5.41, 5.74) is 2.00. The van der Waals surface area contributed by atoms with Gasteiger partial charge in [0, 0.05) is 33.3 Å². The number of likely N-dealkylation sites (tertiary alicyclic amines) is 1. The van der Waals surface area contributed by atoms with Gasteiger partial charge in [0.25, 0.3) is 0 Å². The van der Waals surface area contributed by atoms with E-state index in [1.807, 2.05) is 35.0 Å². The Bertz CT molecular complexity index is 861. The Labute approximate surface area is 171 Å².